The number of hydrogen-bond acceptors (Lipinski definition) is 6. The number of esters is 1. The summed E-state index contributed by atoms with van der Waals surface area (Å²) in [5, 5.41) is 13.6. The van der Waals surface area contributed by atoms with Crippen molar-refractivity contribution in [3.05, 3.63) is 68.8 Å². The molecule has 0 aliphatic carbocycles. The van der Waals surface area contributed by atoms with Crippen molar-refractivity contribution >= 4 is 17.6 Å². The van der Waals surface area contributed by atoms with Crippen molar-refractivity contribution in [3.63, 3.8) is 0 Å². The number of carbonyl (C=O) groups excluding carboxylic acids is 2. The fourth-order valence-corrected chi connectivity index (χ4v) is 2.53. The average Bonchev–Trinajstić information content (AvgIpc) is 2.65. The Balaban J connectivity index is 2.04. The van der Waals surface area contributed by atoms with E-state index in [4.69, 9.17) is 4.74 Å². The van der Waals surface area contributed by atoms with Gasteiger partial charge in [0.1, 0.15) is 12.4 Å². The van der Waals surface area contributed by atoms with E-state index < -0.39 is 16.8 Å². The van der Waals surface area contributed by atoms with Crippen LogP contribution < -0.4 is 10.1 Å². The summed E-state index contributed by atoms with van der Waals surface area (Å²) in [5.74, 6) is -0.546. The van der Waals surface area contributed by atoms with Crippen LogP contribution in [0, 0.1) is 24.0 Å². The lowest BCUT2D eigenvalue weighted by Crippen LogP contribution is -2.28. The molecule has 2 rings (SSSR count). The van der Waals surface area contributed by atoms with Gasteiger partial charge in [-0.2, -0.15) is 0 Å². The molecule has 142 valence electrons. The zero-order valence-electron chi connectivity index (χ0n) is 15.3. The van der Waals surface area contributed by atoms with E-state index in [0.29, 0.717) is 0 Å². The minimum absolute atomic E-state index is 0.00308. The first-order chi connectivity index (χ1) is 12.8. The zero-order valence-corrected chi connectivity index (χ0v) is 15.3. The van der Waals surface area contributed by atoms with Crippen molar-refractivity contribution < 1.29 is 24.0 Å². The van der Waals surface area contributed by atoms with Gasteiger partial charge in [-0.3, -0.25) is 14.9 Å². The second kappa shape index (κ2) is 8.79. The Morgan fingerprint density at radius 2 is 1.74 bits per heavy atom. The summed E-state index contributed by atoms with van der Waals surface area (Å²) in [6, 6.07) is 9.21. The molecule has 27 heavy (non-hydrogen) atoms. The number of nitrogens with one attached hydrogen (secondary N) is 1. The van der Waals surface area contributed by atoms with Crippen LogP contribution in [-0.4, -0.2) is 37.1 Å². The van der Waals surface area contributed by atoms with Crippen LogP contribution in [0.15, 0.2) is 36.4 Å². The van der Waals surface area contributed by atoms with Crippen molar-refractivity contribution in [2.45, 2.75) is 13.8 Å². The number of amides is 1. The van der Waals surface area contributed by atoms with E-state index in [1.54, 1.807) is 0 Å². The number of methoxy groups -OCH3 is 1. The second-order valence-corrected chi connectivity index (χ2v) is 5.84. The van der Waals surface area contributed by atoms with E-state index in [1.807, 2.05) is 32.0 Å². The highest BCUT2D eigenvalue weighted by Gasteiger charge is 2.18. The maximum atomic E-state index is 12.3. The molecule has 1 amide bonds. The molecular formula is C19H20N2O6. The van der Waals surface area contributed by atoms with Gasteiger partial charge in [-0.25, -0.2) is 4.79 Å². The van der Waals surface area contributed by atoms with Gasteiger partial charge in [-0.15, -0.1) is 0 Å². The van der Waals surface area contributed by atoms with Crippen molar-refractivity contribution in [2.24, 2.45) is 0 Å². The number of nitrogens with zero attached hydrogens (tertiary/aromatic N) is 1. The Morgan fingerprint density at radius 1 is 1.11 bits per heavy atom. The topological polar surface area (TPSA) is 108 Å². The van der Waals surface area contributed by atoms with E-state index in [-0.39, 0.29) is 30.0 Å². The third-order valence-corrected chi connectivity index (χ3v) is 3.85. The number of non-ortho nitro benzene ring substituents is 1. The van der Waals surface area contributed by atoms with Gasteiger partial charge < -0.3 is 14.8 Å². The lowest BCUT2D eigenvalue weighted by molar-refractivity contribution is -0.384. The number of para-hydroxylation sites is 1. The number of aryl methyl sites for hydroxylation is 2. The second-order valence-electron chi connectivity index (χ2n) is 5.84. The van der Waals surface area contributed by atoms with Crippen molar-refractivity contribution in [1.82, 2.24) is 5.32 Å². The standard InChI is InChI=1S/C19H20N2O6/c1-12-5-4-6-13(2)17(12)27-8-7-20-18(22)14-9-15(19(23)26-3)11-16(10-14)21(24)25/h4-6,9-11H,7-8H2,1-3H3,(H,20,22). The summed E-state index contributed by atoms with van der Waals surface area (Å²) in [5.41, 5.74) is 1.54. The van der Waals surface area contributed by atoms with Gasteiger partial charge in [0.05, 0.1) is 24.1 Å². The zero-order chi connectivity index (χ0) is 20.0. The van der Waals surface area contributed by atoms with Gasteiger partial charge in [-0.05, 0) is 31.0 Å². The van der Waals surface area contributed by atoms with Crippen molar-refractivity contribution in [3.8, 4) is 5.75 Å². The quantitative estimate of drug-likeness (QED) is 0.346. The van der Waals surface area contributed by atoms with Crippen LogP contribution in [0.4, 0.5) is 5.69 Å². The molecule has 0 bridgehead atoms. The molecule has 0 atom stereocenters. The number of carbonyl (C=O) groups is 2. The SMILES string of the molecule is COC(=O)c1cc(C(=O)NCCOc2c(C)cccc2C)cc([N+](=O)[O-])c1. The van der Waals surface area contributed by atoms with Crippen LogP contribution >= 0.6 is 0 Å². The molecule has 0 spiro atoms. The third-order valence-electron chi connectivity index (χ3n) is 3.85. The summed E-state index contributed by atoms with van der Waals surface area (Å²) in [4.78, 5) is 34.3. The maximum Gasteiger partial charge on any atom is 0.338 e. The fraction of sp³-hybridized carbons (Fsp3) is 0.263. The lowest BCUT2D eigenvalue weighted by atomic mass is 10.1. The smallest absolute Gasteiger partial charge is 0.338 e. The molecule has 0 aromatic heterocycles. The first-order valence-electron chi connectivity index (χ1n) is 8.18. The Morgan fingerprint density at radius 3 is 2.33 bits per heavy atom. The minimum Gasteiger partial charge on any atom is -0.491 e. The van der Waals surface area contributed by atoms with E-state index in [0.717, 1.165) is 36.1 Å². The highest BCUT2D eigenvalue weighted by Crippen LogP contribution is 2.22. The van der Waals surface area contributed by atoms with Crippen LogP contribution in [-0.2, 0) is 4.74 Å². The Kier molecular flexibility index (Phi) is 6.48. The van der Waals surface area contributed by atoms with E-state index in [1.165, 1.54) is 6.07 Å². The van der Waals surface area contributed by atoms with Crippen LogP contribution in [0.1, 0.15) is 31.8 Å². The van der Waals surface area contributed by atoms with Crippen LogP contribution in [0.25, 0.3) is 0 Å². The Bertz CT molecular complexity index is 858. The largest absolute Gasteiger partial charge is 0.491 e. The van der Waals surface area contributed by atoms with E-state index >= 15 is 0 Å². The summed E-state index contributed by atoms with van der Waals surface area (Å²) >= 11 is 0. The first-order valence-corrected chi connectivity index (χ1v) is 8.18. The Hall–Kier alpha value is -3.42. The number of hydrogen-bond donors (Lipinski definition) is 1. The van der Waals surface area contributed by atoms with Crippen molar-refractivity contribution in [2.75, 3.05) is 20.3 Å². The average molecular weight is 372 g/mol. The van der Waals surface area contributed by atoms with E-state index in [9.17, 15) is 19.7 Å². The van der Waals surface area contributed by atoms with Gasteiger partial charge in [0.15, 0.2) is 0 Å². The normalized spacial score (nSPS) is 10.2. The predicted molar refractivity (Wildman–Crippen MR) is 98.2 cm³/mol. The molecule has 0 saturated heterocycles. The number of nitro benzene ring substituents is 1. The van der Waals surface area contributed by atoms with Gasteiger partial charge in [-0.1, -0.05) is 18.2 Å². The number of ether oxygens (including phenoxy) is 2. The van der Waals surface area contributed by atoms with Gasteiger partial charge in [0.25, 0.3) is 11.6 Å². The number of nitro groups is 1. The highest BCUT2D eigenvalue weighted by atomic mass is 16.6. The molecule has 1 N–H and O–H groups in total. The maximum absolute atomic E-state index is 12.3. The van der Waals surface area contributed by atoms with Crippen LogP contribution in [0.5, 0.6) is 5.75 Å². The predicted octanol–water partition coefficient (Wildman–Crippen LogP) is 2.81. The summed E-state index contributed by atoms with van der Waals surface area (Å²) < 4.78 is 10.3. The molecule has 2 aromatic carbocycles. The number of benzene rings is 2. The van der Waals surface area contributed by atoms with Crippen LogP contribution in [0.3, 0.4) is 0 Å². The van der Waals surface area contributed by atoms with Gasteiger partial charge >= 0.3 is 5.97 Å². The molecule has 8 heteroatoms. The summed E-state index contributed by atoms with van der Waals surface area (Å²) in [6.45, 7) is 4.29. The molecule has 0 saturated carbocycles. The molecule has 0 aliphatic heterocycles. The lowest BCUT2D eigenvalue weighted by Gasteiger charge is -2.12. The van der Waals surface area contributed by atoms with Crippen LogP contribution in [0.2, 0.25) is 0 Å². The first kappa shape index (κ1) is 19.9. The Labute approximate surface area is 156 Å². The summed E-state index contributed by atoms with van der Waals surface area (Å²) in [7, 11) is 1.16. The molecule has 8 nitrogen and oxygen atoms in total. The monoisotopic (exact) mass is 372 g/mol. The van der Waals surface area contributed by atoms with Crippen molar-refractivity contribution in [1.29, 1.82) is 0 Å². The third kappa shape index (κ3) is 5.04. The molecule has 0 aliphatic rings. The highest BCUT2D eigenvalue weighted by molar-refractivity contribution is 5.98. The molecular weight excluding hydrogens is 352 g/mol. The number of rotatable bonds is 7. The fourth-order valence-electron chi connectivity index (χ4n) is 2.53. The molecule has 0 radical (unpaired) electrons. The molecule has 0 unspecified atom stereocenters. The minimum atomic E-state index is -0.758. The van der Waals surface area contributed by atoms with E-state index in [2.05, 4.69) is 10.1 Å². The molecule has 2 aromatic rings. The molecule has 0 fully saturated rings. The van der Waals surface area contributed by atoms with Gasteiger partial charge in [0, 0.05) is 17.7 Å². The molecule has 0 heterocycles. The summed E-state index contributed by atoms with van der Waals surface area (Å²) in [6.07, 6.45) is 0. The van der Waals surface area contributed by atoms with Gasteiger partial charge in [0.2, 0.25) is 0 Å².